The van der Waals surface area contributed by atoms with Crippen LogP contribution in [-0.4, -0.2) is 35.1 Å². The number of rotatable bonds is 1. The first-order chi connectivity index (χ1) is 7.15. The molecule has 2 atom stereocenters. The SMILES string of the molecule is CC1CN(c2nccc(N)n2)CC(C)N1. The molecule has 5 heteroatoms. The van der Waals surface area contributed by atoms with Gasteiger partial charge in [-0.3, -0.25) is 0 Å². The van der Waals surface area contributed by atoms with Gasteiger partial charge in [0.1, 0.15) is 5.82 Å². The molecule has 1 aliphatic rings. The summed E-state index contributed by atoms with van der Waals surface area (Å²) in [5.41, 5.74) is 5.64. The third-order valence-corrected chi connectivity index (χ3v) is 2.50. The van der Waals surface area contributed by atoms with Crippen LogP contribution in [0.2, 0.25) is 0 Å². The maximum absolute atomic E-state index is 5.64. The highest BCUT2D eigenvalue weighted by Gasteiger charge is 2.22. The summed E-state index contributed by atoms with van der Waals surface area (Å²) in [5.74, 6) is 1.26. The Morgan fingerprint density at radius 2 is 2.07 bits per heavy atom. The molecule has 0 saturated carbocycles. The molecule has 0 bridgehead atoms. The smallest absolute Gasteiger partial charge is 0.227 e. The van der Waals surface area contributed by atoms with Crippen LogP contribution in [0.25, 0.3) is 0 Å². The topological polar surface area (TPSA) is 67.1 Å². The van der Waals surface area contributed by atoms with E-state index in [0.717, 1.165) is 19.0 Å². The lowest BCUT2D eigenvalue weighted by molar-refractivity contribution is 0.403. The van der Waals surface area contributed by atoms with E-state index >= 15 is 0 Å². The van der Waals surface area contributed by atoms with E-state index in [1.54, 1.807) is 12.3 Å². The predicted octanol–water partition coefficient (Wildman–Crippen LogP) is 0.245. The Morgan fingerprint density at radius 1 is 1.40 bits per heavy atom. The molecule has 5 nitrogen and oxygen atoms in total. The molecule has 82 valence electrons. The molecule has 3 N–H and O–H groups in total. The second-order valence-corrected chi connectivity index (χ2v) is 4.16. The van der Waals surface area contributed by atoms with Crippen LogP contribution in [0.3, 0.4) is 0 Å². The molecule has 2 rings (SSSR count). The molecule has 0 aromatic carbocycles. The van der Waals surface area contributed by atoms with Crippen LogP contribution in [-0.2, 0) is 0 Å². The standard InChI is InChI=1S/C10H17N5/c1-7-5-15(6-8(2)13-7)10-12-4-3-9(11)14-10/h3-4,7-8,13H,5-6H2,1-2H3,(H2,11,12,14). The molecule has 0 spiro atoms. The van der Waals surface area contributed by atoms with Gasteiger partial charge in [0, 0.05) is 31.4 Å². The lowest BCUT2D eigenvalue weighted by Crippen LogP contribution is -2.54. The number of aromatic nitrogens is 2. The van der Waals surface area contributed by atoms with Crippen molar-refractivity contribution < 1.29 is 0 Å². The van der Waals surface area contributed by atoms with Crippen LogP contribution in [0, 0.1) is 0 Å². The van der Waals surface area contributed by atoms with Crippen molar-refractivity contribution in [3.63, 3.8) is 0 Å². The summed E-state index contributed by atoms with van der Waals surface area (Å²) >= 11 is 0. The lowest BCUT2D eigenvalue weighted by atomic mass is 10.1. The number of nitrogens with one attached hydrogen (secondary N) is 1. The van der Waals surface area contributed by atoms with Gasteiger partial charge < -0.3 is 16.0 Å². The van der Waals surface area contributed by atoms with Crippen molar-refractivity contribution >= 4 is 11.8 Å². The first kappa shape index (κ1) is 10.2. The number of hydrogen-bond acceptors (Lipinski definition) is 5. The molecule has 0 aliphatic carbocycles. The fourth-order valence-electron chi connectivity index (χ4n) is 2.00. The van der Waals surface area contributed by atoms with Gasteiger partial charge in [0.15, 0.2) is 0 Å². The zero-order chi connectivity index (χ0) is 10.8. The molecule has 1 fully saturated rings. The zero-order valence-electron chi connectivity index (χ0n) is 9.14. The summed E-state index contributed by atoms with van der Waals surface area (Å²) in [7, 11) is 0. The van der Waals surface area contributed by atoms with Gasteiger partial charge in [-0.2, -0.15) is 4.98 Å². The van der Waals surface area contributed by atoms with E-state index in [2.05, 4.69) is 34.0 Å². The zero-order valence-corrected chi connectivity index (χ0v) is 9.14. The highest BCUT2D eigenvalue weighted by Crippen LogP contribution is 2.13. The first-order valence-corrected chi connectivity index (χ1v) is 5.24. The van der Waals surface area contributed by atoms with Gasteiger partial charge in [-0.05, 0) is 19.9 Å². The van der Waals surface area contributed by atoms with Gasteiger partial charge in [-0.1, -0.05) is 0 Å². The minimum Gasteiger partial charge on any atom is -0.384 e. The van der Waals surface area contributed by atoms with Crippen molar-refractivity contribution in [2.24, 2.45) is 0 Å². The van der Waals surface area contributed by atoms with E-state index in [-0.39, 0.29) is 0 Å². The molecule has 0 amide bonds. The average Bonchev–Trinajstić information content (AvgIpc) is 2.16. The van der Waals surface area contributed by atoms with Gasteiger partial charge in [0.05, 0.1) is 0 Å². The summed E-state index contributed by atoms with van der Waals surface area (Å²) in [6.45, 7) is 6.17. The third kappa shape index (κ3) is 2.36. The van der Waals surface area contributed by atoms with E-state index < -0.39 is 0 Å². The van der Waals surface area contributed by atoms with Gasteiger partial charge in [0.25, 0.3) is 0 Å². The van der Waals surface area contributed by atoms with E-state index in [0.29, 0.717) is 17.9 Å². The Labute approximate surface area is 89.7 Å². The molecule has 2 unspecified atom stereocenters. The van der Waals surface area contributed by atoms with Crippen molar-refractivity contribution in [3.8, 4) is 0 Å². The summed E-state index contributed by atoms with van der Waals surface area (Å²) in [5, 5.41) is 3.47. The highest BCUT2D eigenvalue weighted by atomic mass is 15.3. The van der Waals surface area contributed by atoms with E-state index in [1.807, 2.05) is 0 Å². The lowest BCUT2D eigenvalue weighted by Gasteiger charge is -2.36. The van der Waals surface area contributed by atoms with Gasteiger partial charge in [-0.25, -0.2) is 4.98 Å². The third-order valence-electron chi connectivity index (χ3n) is 2.50. The average molecular weight is 207 g/mol. The Hall–Kier alpha value is -1.36. The second-order valence-electron chi connectivity index (χ2n) is 4.16. The van der Waals surface area contributed by atoms with Gasteiger partial charge in [0.2, 0.25) is 5.95 Å². The maximum atomic E-state index is 5.64. The Morgan fingerprint density at radius 3 is 2.67 bits per heavy atom. The Bertz CT molecular complexity index is 330. The van der Waals surface area contributed by atoms with E-state index in [9.17, 15) is 0 Å². The molecule has 1 saturated heterocycles. The monoisotopic (exact) mass is 207 g/mol. The number of nitrogen functional groups attached to an aromatic ring is 1. The molecule has 15 heavy (non-hydrogen) atoms. The molecule has 1 aromatic heterocycles. The van der Waals surface area contributed by atoms with Crippen LogP contribution in [0.1, 0.15) is 13.8 Å². The van der Waals surface area contributed by atoms with E-state index in [4.69, 9.17) is 5.73 Å². The first-order valence-electron chi connectivity index (χ1n) is 5.24. The van der Waals surface area contributed by atoms with Crippen LogP contribution in [0.5, 0.6) is 0 Å². The number of nitrogens with two attached hydrogens (primary N) is 1. The largest absolute Gasteiger partial charge is 0.384 e. The maximum Gasteiger partial charge on any atom is 0.227 e. The van der Waals surface area contributed by atoms with Crippen LogP contribution >= 0.6 is 0 Å². The van der Waals surface area contributed by atoms with Crippen LogP contribution in [0.15, 0.2) is 12.3 Å². The van der Waals surface area contributed by atoms with Crippen LogP contribution in [0.4, 0.5) is 11.8 Å². The fraction of sp³-hybridized carbons (Fsp3) is 0.600. The number of anilines is 2. The molecule has 2 heterocycles. The molecule has 1 aliphatic heterocycles. The number of piperazine rings is 1. The van der Waals surface area contributed by atoms with Crippen molar-refractivity contribution in [2.45, 2.75) is 25.9 Å². The molecular weight excluding hydrogens is 190 g/mol. The summed E-state index contributed by atoms with van der Waals surface area (Å²) in [6, 6.07) is 2.62. The number of hydrogen-bond donors (Lipinski definition) is 2. The summed E-state index contributed by atoms with van der Waals surface area (Å²) < 4.78 is 0. The van der Waals surface area contributed by atoms with E-state index in [1.165, 1.54) is 0 Å². The predicted molar refractivity (Wildman–Crippen MR) is 60.7 cm³/mol. The number of nitrogens with zero attached hydrogens (tertiary/aromatic N) is 3. The van der Waals surface area contributed by atoms with Crippen LogP contribution < -0.4 is 16.0 Å². The van der Waals surface area contributed by atoms with Crippen molar-refractivity contribution in [3.05, 3.63) is 12.3 Å². The second kappa shape index (κ2) is 4.02. The molecule has 0 radical (unpaired) electrons. The minimum atomic E-state index is 0.457. The van der Waals surface area contributed by atoms with Gasteiger partial charge in [-0.15, -0.1) is 0 Å². The minimum absolute atomic E-state index is 0.457. The quantitative estimate of drug-likeness (QED) is 0.690. The molecular formula is C10H17N5. The van der Waals surface area contributed by atoms with Crippen molar-refractivity contribution in [1.29, 1.82) is 0 Å². The van der Waals surface area contributed by atoms with Crippen molar-refractivity contribution in [1.82, 2.24) is 15.3 Å². The molecule has 1 aromatic rings. The Kier molecular flexibility index (Phi) is 2.73. The highest BCUT2D eigenvalue weighted by molar-refractivity contribution is 5.38. The Balaban J connectivity index is 2.16. The van der Waals surface area contributed by atoms with Gasteiger partial charge >= 0.3 is 0 Å². The fourth-order valence-corrected chi connectivity index (χ4v) is 2.00. The normalized spacial score (nSPS) is 26.7. The van der Waals surface area contributed by atoms with Crippen molar-refractivity contribution in [2.75, 3.05) is 23.7 Å². The summed E-state index contributed by atoms with van der Waals surface area (Å²) in [4.78, 5) is 10.6. The summed E-state index contributed by atoms with van der Waals surface area (Å²) in [6.07, 6.45) is 1.70.